The number of alkyl halides is 6. The molecule has 2 saturated heterocycles. The van der Waals surface area contributed by atoms with E-state index < -0.39 is 65.7 Å². The van der Waals surface area contributed by atoms with Crippen LogP contribution in [0.2, 0.25) is 0 Å². The van der Waals surface area contributed by atoms with E-state index in [2.05, 4.69) is 10.4 Å². The first-order valence-corrected chi connectivity index (χ1v) is 10.7. The Morgan fingerprint density at radius 1 is 1.21 bits per heavy atom. The number of hydrogen-bond acceptors (Lipinski definition) is 4. The fourth-order valence-corrected chi connectivity index (χ4v) is 4.78. The van der Waals surface area contributed by atoms with Gasteiger partial charge in [0.25, 0.3) is 0 Å². The van der Waals surface area contributed by atoms with Gasteiger partial charge < -0.3 is 15.2 Å². The summed E-state index contributed by atoms with van der Waals surface area (Å²) in [6, 6.07) is 2.87. The van der Waals surface area contributed by atoms with Gasteiger partial charge in [-0.1, -0.05) is 6.07 Å². The average molecular weight is 491 g/mol. The van der Waals surface area contributed by atoms with Crippen molar-refractivity contribution in [3.8, 4) is 0 Å². The molecule has 0 saturated carbocycles. The molecule has 34 heavy (non-hydrogen) atoms. The highest BCUT2D eigenvalue weighted by Gasteiger charge is 2.59. The van der Waals surface area contributed by atoms with E-state index in [4.69, 9.17) is 4.74 Å². The third-order valence-corrected chi connectivity index (χ3v) is 6.36. The van der Waals surface area contributed by atoms with E-state index in [0.29, 0.717) is 0 Å². The molecule has 0 unspecified atom stereocenters. The predicted molar refractivity (Wildman–Crippen MR) is 108 cm³/mol. The number of nitrogens with one attached hydrogen (secondary N) is 1. The molecule has 12 heteroatoms. The second-order valence-corrected chi connectivity index (χ2v) is 9.02. The van der Waals surface area contributed by atoms with E-state index in [0.717, 1.165) is 10.7 Å². The fourth-order valence-electron chi connectivity index (χ4n) is 4.78. The standard InChI is InChI=1S/C22H23F6N3O3/c1-9(2)31-8-12(19(30-31)22(26,27)28)16-17(15-7-14(32)18(16)34-15)20(33)29-11-5-4-10(3)13(6-11)21(23,24)25/h4-6,8-9,14-18,32H,7H2,1-3H3,(H,29,33)/t14-,15+,16+,17-,18-/m0/s1. The minimum absolute atomic E-state index is 0.0284. The first-order valence-electron chi connectivity index (χ1n) is 10.7. The average Bonchev–Trinajstić information content (AvgIpc) is 3.39. The van der Waals surface area contributed by atoms with Gasteiger partial charge >= 0.3 is 12.4 Å². The molecule has 186 valence electrons. The first kappa shape index (κ1) is 24.5. The molecule has 5 atom stereocenters. The van der Waals surface area contributed by atoms with Gasteiger partial charge in [-0.05, 0) is 38.5 Å². The van der Waals surface area contributed by atoms with E-state index >= 15 is 0 Å². The summed E-state index contributed by atoms with van der Waals surface area (Å²) in [6.07, 6.45) is -11.3. The Morgan fingerprint density at radius 2 is 1.88 bits per heavy atom. The van der Waals surface area contributed by atoms with Gasteiger partial charge in [-0.15, -0.1) is 0 Å². The molecular weight excluding hydrogens is 468 g/mol. The van der Waals surface area contributed by atoms with Crippen LogP contribution in [0.25, 0.3) is 0 Å². The number of aliphatic hydroxyl groups is 1. The maximum atomic E-state index is 13.8. The van der Waals surface area contributed by atoms with Crippen molar-refractivity contribution in [1.82, 2.24) is 9.78 Å². The van der Waals surface area contributed by atoms with Crippen LogP contribution in [0.4, 0.5) is 32.0 Å². The smallest absolute Gasteiger partial charge is 0.390 e. The normalized spacial score (nSPS) is 27.0. The summed E-state index contributed by atoms with van der Waals surface area (Å²) in [5, 5.41) is 16.4. The topological polar surface area (TPSA) is 76.4 Å². The Hall–Kier alpha value is -2.60. The number of aromatic nitrogens is 2. The van der Waals surface area contributed by atoms with Gasteiger partial charge in [-0.2, -0.15) is 31.4 Å². The second kappa shape index (κ2) is 8.26. The molecule has 2 fully saturated rings. The first-order chi connectivity index (χ1) is 15.7. The van der Waals surface area contributed by atoms with Crippen molar-refractivity contribution in [1.29, 1.82) is 0 Å². The van der Waals surface area contributed by atoms with Crippen molar-refractivity contribution in [2.75, 3.05) is 5.32 Å². The molecule has 3 heterocycles. The molecule has 2 aliphatic heterocycles. The summed E-state index contributed by atoms with van der Waals surface area (Å²) in [7, 11) is 0. The maximum absolute atomic E-state index is 13.8. The summed E-state index contributed by atoms with van der Waals surface area (Å²) >= 11 is 0. The van der Waals surface area contributed by atoms with Crippen molar-refractivity contribution in [3.63, 3.8) is 0 Å². The van der Waals surface area contributed by atoms with Gasteiger partial charge in [0.05, 0.1) is 29.8 Å². The van der Waals surface area contributed by atoms with Gasteiger partial charge in [-0.3, -0.25) is 9.48 Å². The van der Waals surface area contributed by atoms with Crippen molar-refractivity contribution in [2.45, 2.75) is 69.8 Å². The lowest BCUT2D eigenvalue weighted by Crippen LogP contribution is -2.41. The summed E-state index contributed by atoms with van der Waals surface area (Å²) in [4.78, 5) is 13.2. The molecule has 4 rings (SSSR count). The lowest BCUT2D eigenvalue weighted by Gasteiger charge is -2.30. The fraction of sp³-hybridized carbons (Fsp3) is 0.545. The number of aliphatic hydroxyl groups excluding tert-OH is 1. The monoisotopic (exact) mass is 491 g/mol. The molecule has 1 amide bonds. The molecule has 2 bridgehead atoms. The van der Waals surface area contributed by atoms with Gasteiger partial charge in [0.1, 0.15) is 0 Å². The predicted octanol–water partition coefficient (Wildman–Crippen LogP) is 4.68. The molecular formula is C22H23F6N3O3. The zero-order valence-electron chi connectivity index (χ0n) is 18.4. The van der Waals surface area contributed by atoms with Crippen molar-refractivity contribution in [2.24, 2.45) is 5.92 Å². The number of anilines is 1. The molecule has 6 nitrogen and oxygen atoms in total. The van der Waals surface area contributed by atoms with Crippen LogP contribution in [0, 0.1) is 12.8 Å². The highest BCUT2D eigenvalue weighted by Crippen LogP contribution is 2.51. The van der Waals surface area contributed by atoms with Crippen LogP contribution in [0.15, 0.2) is 24.4 Å². The van der Waals surface area contributed by atoms with Crippen LogP contribution in [0.1, 0.15) is 54.6 Å². The highest BCUT2D eigenvalue weighted by molar-refractivity contribution is 5.94. The Morgan fingerprint density at radius 3 is 2.47 bits per heavy atom. The summed E-state index contributed by atoms with van der Waals surface area (Å²) in [5.41, 5.74) is -2.57. The highest BCUT2D eigenvalue weighted by atomic mass is 19.4. The van der Waals surface area contributed by atoms with Gasteiger partial charge in [0.2, 0.25) is 5.91 Å². The lowest BCUT2D eigenvalue weighted by atomic mass is 9.73. The number of ether oxygens (including phenoxy) is 1. The third-order valence-electron chi connectivity index (χ3n) is 6.36. The van der Waals surface area contributed by atoms with E-state index in [1.54, 1.807) is 13.8 Å². The number of amides is 1. The van der Waals surface area contributed by atoms with Crippen LogP contribution >= 0.6 is 0 Å². The number of hydrogen-bond donors (Lipinski definition) is 2. The maximum Gasteiger partial charge on any atom is 0.435 e. The van der Waals surface area contributed by atoms with Crippen molar-refractivity contribution < 1.29 is 41.0 Å². The van der Waals surface area contributed by atoms with Crippen LogP contribution < -0.4 is 5.32 Å². The number of carbonyl (C=O) groups is 1. The largest absolute Gasteiger partial charge is 0.435 e. The molecule has 2 aromatic rings. The molecule has 2 aliphatic rings. The number of aryl methyl sites for hydroxylation is 1. The van der Waals surface area contributed by atoms with Gasteiger partial charge in [-0.25, -0.2) is 0 Å². The molecule has 1 aromatic heterocycles. The van der Waals surface area contributed by atoms with Crippen LogP contribution in [-0.2, 0) is 21.9 Å². The molecule has 0 aliphatic carbocycles. The van der Waals surface area contributed by atoms with Crippen LogP contribution in [0.5, 0.6) is 0 Å². The Bertz CT molecular complexity index is 1090. The quantitative estimate of drug-likeness (QED) is 0.609. The van der Waals surface area contributed by atoms with Crippen molar-refractivity contribution >= 4 is 11.6 Å². The number of halogens is 6. The van der Waals surface area contributed by atoms with Crippen molar-refractivity contribution in [3.05, 3.63) is 46.8 Å². The number of fused-ring (bicyclic) bond motifs is 2. The number of carbonyl (C=O) groups excluding carboxylic acids is 1. The van der Waals surface area contributed by atoms with E-state index in [9.17, 15) is 36.2 Å². The van der Waals surface area contributed by atoms with E-state index in [-0.39, 0.29) is 23.2 Å². The zero-order valence-corrected chi connectivity index (χ0v) is 18.4. The second-order valence-electron chi connectivity index (χ2n) is 9.02. The lowest BCUT2D eigenvalue weighted by molar-refractivity contribution is -0.143. The Labute approximate surface area is 190 Å². The summed E-state index contributed by atoms with van der Waals surface area (Å²) in [5.74, 6) is -3.12. The number of benzene rings is 1. The van der Waals surface area contributed by atoms with Crippen LogP contribution in [-0.4, -0.2) is 39.1 Å². The molecule has 0 spiro atoms. The van der Waals surface area contributed by atoms with Gasteiger partial charge in [0.15, 0.2) is 5.69 Å². The SMILES string of the molecule is Cc1ccc(NC(=O)[C@@H]2[C@@H](c3cn(C(C)C)nc3C(F)(F)F)[C@H]3O[C@@H]2C[C@@H]3O)cc1C(F)(F)F. The molecule has 1 aromatic carbocycles. The molecule has 0 radical (unpaired) electrons. The van der Waals surface area contributed by atoms with E-state index in [1.165, 1.54) is 25.3 Å². The minimum Gasteiger partial charge on any atom is -0.390 e. The zero-order chi connectivity index (χ0) is 25.2. The summed E-state index contributed by atoms with van der Waals surface area (Å²) < 4.78 is 88.0. The third kappa shape index (κ3) is 4.28. The summed E-state index contributed by atoms with van der Waals surface area (Å²) in [6.45, 7) is 4.56. The number of rotatable bonds is 4. The van der Waals surface area contributed by atoms with Gasteiger partial charge in [0, 0.05) is 35.8 Å². The van der Waals surface area contributed by atoms with E-state index in [1.807, 2.05) is 0 Å². The Balaban J connectivity index is 1.71. The molecule has 2 N–H and O–H groups in total. The Kier molecular flexibility index (Phi) is 5.96. The minimum atomic E-state index is -4.82. The van der Waals surface area contributed by atoms with Crippen LogP contribution in [0.3, 0.4) is 0 Å². The number of nitrogens with zero attached hydrogens (tertiary/aromatic N) is 2.